The zero-order chi connectivity index (χ0) is 20.6. The fourth-order valence-electron chi connectivity index (χ4n) is 3.35. The summed E-state index contributed by atoms with van der Waals surface area (Å²) < 4.78 is 43.5. The van der Waals surface area contributed by atoms with E-state index in [9.17, 15) is 12.8 Å². The number of pyridine rings is 1. The van der Waals surface area contributed by atoms with E-state index >= 15 is 0 Å². The number of benzene rings is 2. The monoisotopic (exact) mass is 410 g/mol. The summed E-state index contributed by atoms with van der Waals surface area (Å²) in [5.41, 5.74) is 2.57. The van der Waals surface area contributed by atoms with Gasteiger partial charge in [-0.2, -0.15) is 5.10 Å². The number of aryl methyl sites for hydroxylation is 2. The number of hydrogen-bond acceptors (Lipinski definition) is 4. The summed E-state index contributed by atoms with van der Waals surface area (Å²) in [5, 5.41) is 5.05. The van der Waals surface area contributed by atoms with Gasteiger partial charge in [0.25, 0.3) is 10.0 Å². The molecule has 4 rings (SSSR count). The standard InChI is InChI=1S/C21H19FN4O2S/c1-15-20-19(12-13-23-21(20)25(2)24-15)26(14-16-6-4-3-5-7-16)29(27,28)18-10-8-17(22)9-11-18/h3-13H,14H2,1-2H3. The summed E-state index contributed by atoms with van der Waals surface area (Å²) in [6, 6.07) is 15.8. The molecule has 0 atom stereocenters. The number of aromatic nitrogens is 3. The molecule has 0 fully saturated rings. The van der Waals surface area contributed by atoms with Crippen LogP contribution in [-0.4, -0.2) is 23.2 Å². The van der Waals surface area contributed by atoms with Crippen LogP contribution in [0, 0.1) is 12.7 Å². The van der Waals surface area contributed by atoms with Crippen molar-refractivity contribution in [3.8, 4) is 0 Å². The highest BCUT2D eigenvalue weighted by atomic mass is 32.2. The van der Waals surface area contributed by atoms with Crippen LogP contribution in [0.4, 0.5) is 10.1 Å². The summed E-state index contributed by atoms with van der Waals surface area (Å²) >= 11 is 0. The van der Waals surface area contributed by atoms with Crippen LogP contribution in [0.15, 0.2) is 71.8 Å². The molecule has 0 aliphatic rings. The first-order valence-electron chi connectivity index (χ1n) is 8.98. The van der Waals surface area contributed by atoms with Gasteiger partial charge in [0.05, 0.1) is 28.2 Å². The Morgan fingerprint density at radius 3 is 2.41 bits per heavy atom. The molecule has 148 valence electrons. The van der Waals surface area contributed by atoms with Crippen molar-refractivity contribution in [2.24, 2.45) is 7.05 Å². The van der Waals surface area contributed by atoms with Gasteiger partial charge in [0.15, 0.2) is 5.65 Å². The Hall–Kier alpha value is -3.26. The van der Waals surface area contributed by atoms with E-state index in [0.29, 0.717) is 22.4 Å². The molecule has 0 unspecified atom stereocenters. The fraction of sp³-hybridized carbons (Fsp3) is 0.143. The zero-order valence-corrected chi connectivity index (χ0v) is 16.8. The molecule has 0 radical (unpaired) electrons. The van der Waals surface area contributed by atoms with Crippen LogP contribution >= 0.6 is 0 Å². The maximum Gasteiger partial charge on any atom is 0.264 e. The summed E-state index contributed by atoms with van der Waals surface area (Å²) in [4.78, 5) is 4.36. The van der Waals surface area contributed by atoms with E-state index in [4.69, 9.17) is 0 Å². The number of anilines is 1. The van der Waals surface area contributed by atoms with Crippen LogP contribution in [-0.2, 0) is 23.6 Å². The summed E-state index contributed by atoms with van der Waals surface area (Å²) in [7, 11) is -2.20. The van der Waals surface area contributed by atoms with Crippen molar-refractivity contribution in [3.05, 3.63) is 83.9 Å². The van der Waals surface area contributed by atoms with E-state index < -0.39 is 15.8 Å². The first-order chi connectivity index (χ1) is 13.9. The number of sulfonamides is 1. The topological polar surface area (TPSA) is 68.1 Å². The van der Waals surface area contributed by atoms with Crippen molar-refractivity contribution in [3.63, 3.8) is 0 Å². The molecular formula is C21H19FN4O2S. The van der Waals surface area contributed by atoms with Crippen molar-refractivity contribution in [2.45, 2.75) is 18.4 Å². The van der Waals surface area contributed by atoms with E-state index in [0.717, 1.165) is 17.7 Å². The number of nitrogens with zero attached hydrogens (tertiary/aromatic N) is 4. The van der Waals surface area contributed by atoms with Gasteiger partial charge in [-0.05, 0) is 42.8 Å². The largest absolute Gasteiger partial charge is 0.264 e. The van der Waals surface area contributed by atoms with Gasteiger partial charge >= 0.3 is 0 Å². The first-order valence-corrected chi connectivity index (χ1v) is 10.4. The Morgan fingerprint density at radius 2 is 1.72 bits per heavy atom. The van der Waals surface area contributed by atoms with Gasteiger partial charge < -0.3 is 0 Å². The lowest BCUT2D eigenvalue weighted by Crippen LogP contribution is -2.31. The maximum atomic E-state index is 13.6. The Bertz CT molecular complexity index is 1270. The zero-order valence-electron chi connectivity index (χ0n) is 15.9. The third-order valence-corrected chi connectivity index (χ3v) is 6.49. The van der Waals surface area contributed by atoms with Crippen LogP contribution < -0.4 is 4.31 Å². The lowest BCUT2D eigenvalue weighted by atomic mass is 10.2. The van der Waals surface area contributed by atoms with Crippen molar-refractivity contribution in [1.82, 2.24) is 14.8 Å². The molecular weight excluding hydrogens is 391 g/mol. The maximum absolute atomic E-state index is 13.6. The molecule has 0 saturated heterocycles. The van der Waals surface area contributed by atoms with E-state index in [-0.39, 0.29) is 11.4 Å². The predicted molar refractivity (Wildman–Crippen MR) is 109 cm³/mol. The molecule has 8 heteroatoms. The molecule has 0 aliphatic heterocycles. The van der Waals surface area contributed by atoms with Gasteiger partial charge in [0.1, 0.15) is 5.82 Å². The minimum Gasteiger partial charge on any atom is -0.261 e. The van der Waals surface area contributed by atoms with Crippen LogP contribution in [0.2, 0.25) is 0 Å². The summed E-state index contributed by atoms with van der Waals surface area (Å²) in [5.74, 6) is -0.493. The summed E-state index contributed by atoms with van der Waals surface area (Å²) in [6.45, 7) is 1.94. The van der Waals surface area contributed by atoms with Gasteiger partial charge in [0, 0.05) is 13.2 Å². The van der Waals surface area contributed by atoms with Crippen molar-refractivity contribution in [1.29, 1.82) is 0 Å². The average molecular weight is 410 g/mol. The number of hydrogen-bond donors (Lipinski definition) is 0. The Labute approximate surface area is 168 Å². The van der Waals surface area contributed by atoms with Gasteiger partial charge in [-0.1, -0.05) is 30.3 Å². The third-order valence-electron chi connectivity index (χ3n) is 4.72. The van der Waals surface area contributed by atoms with Crippen LogP contribution in [0.25, 0.3) is 11.0 Å². The van der Waals surface area contributed by atoms with E-state index in [2.05, 4.69) is 10.1 Å². The first kappa shape index (κ1) is 19.1. The molecule has 0 saturated carbocycles. The second-order valence-corrected chi connectivity index (χ2v) is 8.55. The highest BCUT2D eigenvalue weighted by Crippen LogP contribution is 2.33. The number of rotatable bonds is 5. The third kappa shape index (κ3) is 3.47. The SMILES string of the molecule is Cc1nn(C)c2nccc(N(Cc3ccccc3)S(=O)(=O)c3ccc(F)cc3)c12. The smallest absolute Gasteiger partial charge is 0.261 e. The van der Waals surface area contributed by atoms with Crippen LogP contribution in [0.1, 0.15) is 11.3 Å². The molecule has 4 aromatic rings. The second kappa shape index (κ2) is 7.29. The molecule has 2 aromatic carbocycles. The Morgan fingerprint density at radius 1 is 1.03 bits per heavy atom. The highest BCUT2D eigenvalue weighted by molar-refractivity contribution is 7.92. The molecule has 29 heavy (non-hydrogen) atoms. The second-order valence-electron chi connectivity index (χ2n) is 6.69. The normalized spacial score (nSPS) is 11.7. The molecule has 0 spiro atoms. The van der Waals surface area contributed by atoms with Crippen LogP contribution in [0.5, 0.6) is 0 Å². The van der Waals surface area contributed by atoms with Crippen molar-refractivity contribution < 1.29 is 12.8 Å². The lowest BCUT2D eigenvalue weighted by molar-refractivity contribution is 0.589. The fourth-order valence-corrected chi connectivity index (χ4v) is 4.81. The molecule has 2 heterocycles. The van der Waals surface area contributed by atoms with E-state index in [1.165, 1.54) is 16.4 Å². The molecule has 0 amide bonds. The average Bonchev–Trinajstić information content (AvgIpc) is 3.01. The highest BCUT2D eigenvalue weighted by Gasteiger charge is 2.28. The van der Waals surface area contributed by atoms with Crippen LogP contribution in [0.3, 0.4) is 0 Å². The summed E-state index contributed by atoms with van der Waals surface area (Å²) in [6.07, 6.45) is 1.57. The van der Waals surface area contributed by atoms with Crippen molar-refractivity contribution >= 4 is 26.7 Å². The van der Waals surface area contributed by atoms with Gasteiger partial charge in [-0.15, -0.1) is 0 Å². The number of fused-ring (bicyclic) bond motifs is 1. The molecule has 6 nitrogen and oxygen atoms in total. The van der Waals surface area contributed by atoms with Gasteiger partial charge in [-0.25, -0.2) is 17.8 Å². The molecule has 2 aromatic heterocycles. The predicted octanol–water partition coefficient (Wildman–Crippen LogP) is 3.81. The van der Waals surface area contributed by atoms with E-state index in [1.807, 2.05) is 37.3 Å². The van der Waals surface area contributed by atoms with Crippen molar-refractivity contribution in [2.75, 3.05) is 4.31 Å². The Kier molecular flexibility index (Phi) is 4.79. The molecule has 0 aliphatic carbocycles. The molecule has 0 N–H and O–H groups in total. The van der Waals surface area contributed by atoms with Gasteiger partial charge in [0.2, 0.25) is 0 Å². The lowest BCUT2D eigenvalue weighted by Gasteiger charge is -2.25. The minimum absolute atomic E-state index is 0.0151. The quantitative estimate of drug-likeness (QED) is 0.502. The minimum atomic E-state index is -3.97. The number of halogens is 1. The Balaban J connectivity index is 1.93. The van der Waals surface area contributed by atoms with Gasteiger partial charge in [-0.3, -0.25) is 8.99 Å². The van der Waals surface area contributed by atoms with E-state index in [1.54, 1.807) is 24.0 Å². The molecule has 0 bridgehead atoms.